The largest absolute Gasteiger partial charge is 0.497 e. The van der Waals surface area contributed by atoms with Crippen LogP contribution in [-0.2, 0) is 13.0 Å². The van der Waals surface area contributed by atoms with Crippen molar-refractivity contribution >= 4 is 11.6 Å². The maximum Gasteiger partial charge on any atom is 0.270 e. The Kier molecular flexibility index (Phi) is 7.05. The molecule has 150 valence electrons. The summed E-state index contributed by atoms with van der Waals surface area (Å²) in [6, 6.07) is 19.2. The van der Waals surface area contributed by atoms with E-state index in [0.717, 1.165) is 35.7 Å². The van der Waals surface area contributed by atoms with E-state index in [1.807, 2.05) is 48.5 Å². The number of nitrogens with one attached hydrogen (secondary N) is 2. The van der Waals surface area contributed by atoms with Gasteiger partial charge in [0.1, 0.15) is 17.2 Å². The van der Waals surface area contributed by atoms with E-state index in [2.05, 4.69) is 21.7 Å². The Balaban J connectivity index is 1.46. The fraction of sp³-hybridized carbons (Fsp3) is 0.217. The number of nitrogens with zero attached hydrogens (tertiary/aromatic N) is 1. The topological polar surface area (TPSA) is 72.5 Å². The van der Waals surface area contributed by atoms with Gasteiger partial charge < -0.3 is 20.1 Å². The molecule has 0 bridgehead atoms. The second kappa shape index (κ2) is 10.1. The summed E-state index contributed by atoms with van der Waals surface area (Å²) < 4.78 is 10.4. The zero-order chi connectivity index (χ0) is 20.5. The number of carbonyl (C=O) groups is 1. The molecule has 6 heteroatoms. The van der Waals surface area contributed by atoms with Crippen molar-refractivity contribution in [1.82, 2.24) is 10.3 Å². The predicted molar refractivity (Wildman–Crippen MR) is 114 cm³/mol. The van der Waals surface area contributed by atoms with Crippen molar-refractivity contribution < 1.29 is 14.3 Å². The Bertz CT molecular complexity index is 925. The number of hydrogen-bond donors (Lipinski definition) is 2. The maximum atomic E-state index is 12.3. The standard InChI is InChI=1S/C23H25N3O3/c1-28-20-9-6-18(7-10-20)15-26-23(27)22-11-8-19(16-25-22)24-13-12-17-4-3-5-21(14-17)29-2/h3-11,14,16,24H,12-13,15H2,1-2H3,(H,26,27). The van der Waals surface area contributed by atoms with Gasteiger partial charge in [0, 0.05) is 13.1 Å². The molecule has 0 radical (unpaired) electrons. The molecule has 3 aromatic rings. The van der Waals surface area contributed by atoms with Gasteiger partial charge in [-0.05, 0) is 53.9 Å². The Morgan fingerprint density at radius 3 is 2.41 bits per heavy atom. The van der Waals surface area contributed by atoms with Gasteiger partial charge in [0.25, 0.3) is 5.91 Å². The lowest BCUT2D eigenvalue weighted by atomic mass is 10.1. The molecule has 0 aliphatic heterocycles. The van der Waals surface area contributed by atoms with Crippen molar-refractivity contribution in [3.8, 4) is 11.5 Å². The van der Waals surface area contributed by atoms with Crippen molar-refractivity contribution in [3.63, 3.8) is 0 Å². The Hall–Kier alpha value is -3.54. The zero-order valence-corrected chi connectivity index (χ0v) is 16.6. The highest BCUT2D eigenvalue weighted by atomic mass is 16.5. The van der Waals surface area contributed by atoms with E-state index in [1.165, 1.54) is 5.56 Å². The molecule has 2 aromatic carbocycles. The highest BCUT2D eigenvalue weighted by Crippen LogP contribution is 2.14. The van der Waals surface area contributed by atoms with E-state index >= 15 is 0 Å². The maximum absolute atomic E-state index is 12.3. The molecule has 1 amide bonds. The summed E-state index contributed by atoms with van der Waals surface area (Å²) in [5.74, 6) is 1.44. The van der Waals surface area contributed by atoms with E-state index in [9.17, 15) is 4.79 Å². The molecule has 3 rings (SSSR count). The second-order valence-electron chi connectivity index (χ2n) is 6.49. The van der Waals surface area contributed by atoms with Gasteiger partial charge in [-0.15, -0.1) is 0 Å². The first-order chi connectivity index (χ1) is 14.2. The van der Waals surface area contributed by atoms with Gasteiger partial charge in [-0.2, -0.15) is 0 Å². The second-order valence-corrected chi connectivity index (χ2v) is 6.49. The van der Waals surface area contributed by atoms with Crippen LogP contribution in [0, 0.1) is 0 Å². The quantitative estimate of drug-likeness (QED) is 0.582. The third-order valence-corrected chi connectivity index (χ3v) is 4.49. The van der Waals surface area contributed by atoms with E-state index in [-0.39, 0.29) is 5.91 Å². The van der Waals surface area contributed by atoms with Crippen molar-refractivity contribution in [1.29, 1.82) is 0 Å². The molecular weight excluding hydrogens is 366 g/mol. The van der Waals surface area contributed by atoms with Crippen LogP contribution in [0.5, 0.6) is 11.5 Å². The Morgan fingerprint density at radius 2 is 1.72 bits per heavy atom. The van der Waals surface area contributed by atoms with Crippen molar-refractivity contribution in [2.24, 2.45) is 0 Å². The smallest absolute Gasteiger partial charge is 0.270 e. The van der Waals surface area contributed by atoms with Crippen molar-refractivity contribution in [2.45, 2.75) is 13.0 Å². The normalized spacial score (nSPS) is 10.3. The van der Waals surface area contributed by atoms with Crippen LogP contribution in [0.1, 0.15) is 21.6 Å². The summed E-state index contributed by atoms with van der Waals surface area (Å²) in [5.41, 5.74) is 3.45. The molecule has 0 saturated carbocycles. The molecule has 29 heavy (non-hydrogen) atoms. The van der Waals surface area contributed by atoms with Gasteiger partial charge in [-0.3, -0.25) is 4.79 Å². The average molecular weight is 391 g/mol. The molecule has 6 nitrogen and oxygen atoms in total. The summed E-state index contributed by atoms with van der Waals surface area (Å²) in [5, 5.41) is 6.19. The summed E-state index contributed by atoms with van der Waals surface area (Å²) in [6.45, 7) is 1.20. The van der Waals surface area contributed by atoms with Gasteiger partial charge >= 0.3 is 0 Å². The van der Waals surface area contributed by atoms with Crippen LogP contribution in [0.2, 0.25) is 0 Å². The van der Waals surface area contributed by atoms with Crippen LogP contribution < -0.4 is 20.1 Å². The molecule has 0 fully saturated rings. The molecule has 0 atom stereocenters. The van der Waals surface area contributed by atoms with Gasteiger partial charge in [-0.25, -0.2) is 4.98 Å². The number of pyridine rings is 1. The van der Waals surface area contributed by atoms with Crippen LogP contribution >= 0.6 is 0 Å². The third kappa shape index (κ3) is 5.97. The SMILES string of the molecule is COc1ccc(CNC(=O)c2ccc(NCCc3cccc(OC)c3)cn2)cc1. The minimum absolute atomic E-state index is 0.205. The molecule has 1 aromatic heterocycles. The number of anilines is 1. The lowest BCUT2D eigenvalue weighted by Gasteiger charge is -2.09. The minimum atomic E-state index is -0.205. The number of amides is 1. The predicted octanol–water partition coefficient (Wildman–Crippen LogP) is 3.68. The Morgan fingerprint density at radius 1 is 0.931 bits per heavy atom. The first kappa shape index (κ1) is 20.2. The molecule has 0 aliphatic rings. The van der Waals surface area contributed by atoms with Gasteiger partial charge in [0.2, 0.25) is 0 Å². The van der Waals surface area contributed by atoms with Crippen LogP contribution in [0.25, 0.3) is 0 Å². The average Bonchev–Trinajstić information content (AvgIpc) is 2.78. The first-order valence-corrected chi connectivity index (χ1v) is 9.42. The number of carbonyl (C=O) groups excluding carboxylic acids is 1. The van der Waals surface area contributed by atoms with E-state index in [0.29, 0.717) is 12.2 Å². The molecule has 0 saturated heterocycles. The first-order valence-electron chi connectivity index (χ1n) is 9.42. The van der Waals surface area contributed by atoms with Gasteiger partial charge in [0.15, 0.2) is 0 Å². The molecule has 0 unspecified atom stereocenters. The monoisotopic (exact) mass is 391 g/mol. The highest BCUT2D eigenvalue weighted by molar-refractivity contribution is 5.92. The van der Waals surface area contributed by atoms with Crippen LogP contribution in [0.4, 0.5) is 5.69 Å². The fourth-order valence-corrected chi connectivity index (χ4v) is 2.83. The number of aromatic nitrogens is 1. The number of methoxy groups -OCH3 is 2. The van der Waals surface area contributed by atoms with Crippen molar-refractivity contribution in [2.75, 3.05) is 26.1 Å². The molecule has 2 N–H and O–H groups in total. The lowest BCUT2D eigenvalue weighted by Crippen LogP contribution is -2.23. The van der Waals surface area contributed by atoms with Crippen LogP contribution in [0.3, 0.4) is 0 Å². The third-order valence-electron chi connectivity index (χ3n) is 4.49. The van der Waals surface area contributed by atoms with Gasteiger partial charge in [-0.1, -0.05) is 24.3 Å². The van der Waals surface area contributed by atoms with E-state index in [1.54, 1.807) is 26.5 Å². The molecule has 0 spiro atoms. The summed E-state index contributed by atoms with van der Waals surface area (Å²) in [6.07, 6.45) is 2.54. The number of rotatable bonds is 9. The van der Waals surface area contributed by atoms with Crippen LogP contribution in [0.15, 0.2) is 66.9 Å². The number of hydrogen-bond acceptors (Lipinski definition) is 5. The lowest BCUT2D eigenvalue weighted by molar-refractivity contribution is 0.0946. The number of benzene rings is 2. The molecule has 0 aliphatic carbocycles. The zero-order valence-electron chi connectivity index (χ0n) is 16.6. The van der Waals surface area contributed by atoms with E-state index in [4.69, 9.17) is 9.47 Å². The molecular formula is C23H25N3O3. The summed E-state index contributed by atoms with van der Waals surface area (Å²) >= 11 is 0. The Labute approximate surface area is 170 Å². The number of ether oxygens (including phenoxy) is 2. The van der Waals surface area contributed by atoms with Crippen LogP contribution in [-0.4, -0.2) is 31.7 Å². The van der Waals surface area contributed by atoms with Crippen molar-refractivity contribution in [3.05, 3.63) is 83.7 Å². The highest BCUT2D eigenvalue weighted by Gasteiger charge is 2.07. The summed E-state index contributed by atoms with van der Waals surface area (Å²) in [7, 11) is 3.29. The summed E-state index contributed by atoms with van der Waals surface area (Å²) in [4.78, 5) is 16.5. The minimum Gasteiger partial charge on any atom is -0.497 e. The fourth-order valence-electron chi connectivity index (χ4n) is 2.83. The molecule has 1 heterocycles. The van der Waals surface area contributed by atoms with E-state index < -0.39 is 0 Å². The van der Waals surface area contributed by atoms with Gasteiger partial charge in [0.05, 0.1) is 26.1 Å².